The van der Waals surface area contributed by atoms with Crippen LogP contribution in [0.15, 0.2) is 48.5 Å². The number of thioether (sulfide) groups is 1. The lowest BCUT2D eigenvalue weighted by Crippen LogP contribution is -2.51. The van der Waals surface area contributed by atoms with Crippen molar-refractivity contribution in [3.8, 4) is 0 Å². The van der Waals surface area contributed by atoms with E-state index < -0.39 is 4.75 Å². The topological polar surface area (TPSA) is 79.4 Å². The molecule has 258 valence electrons. The summed E-state index contributed by atoms with van der Waals surface area (Å²) in [4.78, 5) is 52.1. The summed E-state index contributed by atoms with van der Waals surface area (Å²) >= 11 is 1.65. The number of rotatable bonds is 7. The lowest BCUT2D eigenvalue weighted by Gasteiger charge is -2.38. The fourth-order valence-electron chi connectivity index (χ4n) is 7.39. The number of para-hydroxylation sites is 2. The van der Waals surface area contributed by atoms with Crippen LogP contribution in [0.1, 0.15) is 72.7 Å². The monoisotopic (exact) mass is 664 g/mol. The van der Waals surface area contributed by atoms with Crippen LogP contribution in [0.25, 0.3) is 0 Å². The van der Waals surface area contributed by atoms with Crippen LogP contribution in [0, 0.1) is 5.41 Å². The number of amides is 4. The van der Waals surface area contributed by atoms with Gasteiger partial charge in [-0.1, -0.05) is 57.2 Å². The van der Waals surface area contributed by atoms with E-state index in [0.717, 1.165) is 63.1 Å². The van der Waals surface area contributed by atoms with Gasteiger partial charge in [-0.3, -0.25) is 9.59 Å². The van der Waals surface area contributed by atoms with Crippen LogP contribution < -0.4 is 10.2 Å². The Morgan fingerprint density at radius 2 is 1.64 bits per heavy atom. The Bertz CT molecular complexity index is 1470. The molecule has 0 saturated carbocycles. The second kappa shape index (κ2) is 13.7. The highest BCUT2D eigenvalue weighted by Gasteiger charge is 2.52. The molecule has 0 spiro atoms. The smallest absolute Gasteiger partial charge is 0.322 e. The first-order valence-corrected chi connectivity index (χ1v) is 18.2. The average Bonchev–Trinajstić information content (AvgIpc) is 3.17. The van der Waals surface area contributed by atoms with E-state index in [1.807, 2.05) is 34.9 Å². The van der Waals surface area contributed by atoms with Gasteiger partial charge in [0, 0.05) is 78.2 Å². The molecular formula is C37H56N6O3S. The summed E-state index contributed by atoms with van der Waals surface area (Å²) in [5, 5.41) is 2.94. The number of likely N-dealkylation sites (tertiary alicyclic amines) is 1. The molecule has 10 heteroatoms. The summed E-state index contributed by atoms with van der Waals surface area (Å²) in [6.45, 7) is 15.1. The minimum Gasteiger partial charge on any atom is -0.369 e. The van der Waals surface area contributed by atoms with Crippen LogP contribution in [0.4, 0.5) is 16.2 Å². The van der Waals surface area contributed by atoms with Gasteiger partial charge in [0.15, 0.2) is 0 Å². The maximum absolute atomic E-state index is 14.4. The van der Waals surface area contributed by atoms with Crippen LogP contribution in [-0.4, -0.2) is 108 Å². The largest absolute Gasteiger partial charge is 0.369 e. The number of carbonyl (C=O) groups is 3. The summed E-state index contributed by atoms with van der Waals surface area (Å²) in [6.07, 6.45) is 3.37. The van der Waals surface area contributed by atoms with Gasteiger partial charge in [-0.15, -0.1) is 11.8 Å². The van der Waals surface area contributed by atoms with E-state index in [0.29, 0.717) is 26.2 Å². The Balaban J connectivity index is 0.00000270. The van der Waals surface area contributed by atoms with E-state index in [4.69, 9.17) is 0 Å². The zero-order chi connectivity index (χ0) is 33.3. The van der Waals surface area contributed by atoms with Crippen LogP contribution >= 0.6 is 11.8 Å². The maximum atomic E-state index is 14.4. The molecule has 2 aromatic carbocycles. The predicted octanol–water partition coefficient (Wildman–Crippen LogP) is 6.17. The number of hydrogen-bond acceptors (Lipinski definition) is 6. The number of piperidine rings is 1. The summed E-state index contributed by atoms with van der Waals surface area (Å²) in [5.74, 6) is 0.0947. The Morgan fingerprint density at radius 3 is 2.36 bits per heavy atom. The van der Waals surface area contributed by atoms with Crippen LogP contribution in [0.5, 0.6) is 0 Å². The number of urea groups is 1. The highest BCUT2D eigenvalue weighted by molar-refractivity contribution is 8.02. The zero-order valence-electron chi connectivity index (χ0n) is 28.8. The van der Waals surface area contributed by atoms with E-state index in [-0.39, 0.29) is 44.0 Å². The third-order valence-corrected chi connectivity index (χ3v) is 12.0. The van der Waals surface area contributed by atoms with Gasteiger partial charge in [-0.05, 0) is 62.8 Å². The van der Waals surface area contributed by atoms with Gasteiger partial charge in [0.25, 0.3) is 0 Å². The molecule has 0 unspecified atom stereocenters. The summed E-state index contributed by atoms with van der Waals surface area (Å²) < 4.78 is -0.845. The second-order valence-corrected chi connectivity index (χ2v) is 16.8. The van der Waals surface area contributed by atoms with Crippen molar-refractivity contribution in [2.24, 2.45) is 5.41 Å². The van der Waals surface area contributed by atoms with E-state index in [1.165, 1.54) is 11.3 Å². The van der Waals surface area contributed by atoms with Gasteiger partial charge >= 0.3 is 6.03 Å². The molecule has 0 radical (unpaired) electrons. The van der Waals surface area contributed by atoms with Gasteiger partial charge in [0.1, 0.15) is 10.1 Å². The first-order chi connectivity index (χ1) is 22.4. The molecule has 0 aromatic heterocycles. The number of benzene rings is 2. The number of nitrogens with one attached hydrogen (secondary N) is 1. The molecule has 0 aliphatic carbocycles. The second-order valence-electron chi connectivity index (χ2n) is 15.2. The van der Waals surface area contributed by atoms with E-state index >= 15 is 0 Å². The molecule has 1 N–H and O–H groups in total. The number of fused-ring (bicyclic) bond motifs is 1. The number of anilines is 2. The van der Waals surface area contributed by atoms with Gasteiger partial charge < -0.3 is 29.8 Å². The first kappa shape index (κ1) is 33.7. The highest BCUT2D eigenvalue weighted by Crippen LogP contribution is 2.53. The van der Waals surface area contributed by atoms with Crippen molar-refractivity contribution >= 4 is 41.0 Å². The van der Waals surface area contributed by atoms with Crippen LogP contribution in [0.2, 0.25) is 0 Å². The minimum absolute atomic E-state index is 0. The molecule has 4 heterocycles. The standard InChI is InChI=1S/C37H52N6O3S.2H2/c1-36(2,3)17-21-43-33(29-11-7-9-13-31(29)40-24-22-39(5)23-25-40)47-37(4,34(43)45)26-32(44)41-18-15-28(16-19-41)42-20-14-27-10-6-8-12-30(27)38-35(42)46;;/h6-13,28,33H,14-26H2,1-5H3,(H,38,46);2*1H/t33-,37-;;/m1../s1. The Morgan fingerprint density at radius 1 is 0.957 bits per heavy atom. The molecule has 2 aromatic rings. The lowest BCUT2D eigenvalue weighted by atomic mass is 9.91. The predicted molar refractivity (Wildman–Crippen MR) is 195 cm³/mol. The zero-order valence-corrected chi connectivity index (χ0v) is 29.7. The van der Waals surface area contributed by atoms with Crippen LogP contribution in [-0.2, 0) is 16.0 Å². The Hall–Kier alpha value is -3.24. The molecule has 2 atom stereocenters. The molecule has 4 amide bonds. The van der Waals surface area contributed by atoms with Crippen molar-refractivity contribution in [3.05, 3.63) is 59.7 Å². The molecular weight excluding hydrogens is 609 g/mol. The van der Waals surface area contributed by atoms with E-state index in [1.54, 1.807) is 11.8 Å². The number of piperazine rings is 1. The molecule has 3 saturated heterocycles. The maximum Gasteiger partial charge on any atom is 0.322 e. The van der Waals surface area contributed by atoms with Crippen molar-refractivity contribution in [3.63, 3.8) is 0 Å². The Labute approximate surface area is 288 Å². The summed E-state index contributed by atoms with van der Waals surface area (Å²) in [6, 6.07) is 16.6. The third-order valence-electron chi connectivity index (χ3n) is 10.4. The number of hydrogen-bond donors (Lipinski definition) is 1. The van der Waals surface area contributed by atoms with Crippen molar-refractivity contribution in [1.82, 2.24) is 19.6 Å². The SMILES string of the molecule is CN1CCN(c2ccccc2[C@H]2S[C@](C)(CC(=O)N3CCC(N4CCc5ccccc5NC4=O)CC3)C(=O)N2CCC(C)(C)C)CC1.[HH].[HH]. The normalized spacial score (nSPS) is 24.7. The highest BCUT2D eigenvalue weighted by atomic mass is 32.2. The Kier molecular flexibility index (Phi) is 9.81. The molecule has 9 nitrogen and oxygen atoms in total. The van der Waals surface area contributed by atoms with Crippen LogP contribution in [0.3, 0.4) is 0 Å². The molecule has 6 rings (SSSR count). The van der Waals surface area contributed by atoms with E-state index in [9.17, 15) is 14.4 Å². The molecule has 4 aliphatic heterocycles. The van der Waals surface area contributed by atoms with Gasteiger partial charge in [0.05, 0.1) is 6.42 Å². The first-order valence-electron chi connectivity index (χ1n) is 17.4. The van der Waals surface area contributed by atoms with Gasteiger partial charge in [-0.2, -0.15) is 0 Å². The quantitative estimate of drug-likeness (QED) is 0.382. The minimum atomic E-state index is -0.845. The van der Waals surface area contributed by atoms with Gasteiger partial charge in [-0.25, -0.2) is 4.79 Å². The summed E-state index contributed by atoms with van der Waals surface area (Å²) in [7, 11) is 2.17. The fourth-order valence-corrected chi connectivity index (χ4v) is 8.96. The number of carbonyl (C=O) groups excluding carboxylic acids is 3. The van der Waals surface area contributed by atoms with Crippen molar-refractivity contribution < 1.29 is 17.2 Å². The number of nitrogens with zero attached hydrogens (tertiary/aromatic N) is 5. The van der Waals surface area contributed by atoms with Crippen molar-refractivity contribution in [1.29, 1.82) is 0 Å². The average molecular weight is 665 g/mol. The van der Waals surface area contributed by atoms with Crippen molar-refractivity contribution in [2.75, 3.05) is 69.6 Å². The van der Waals surface area contributed by atoms with Gasteiger partial charge in [0.2, 0.25) is 11.8 Å². The lowest BCUT2D eigenvalue weighted by molar-refractivity contribution is -0.139. The fraction of sp³-hybridized carbons (Fsp3) is 0.595. The van der Waals surface area contributed by atoms with E-state index in [2.05, 4.69) is 78.2 Å². The molecule has 47 heavy (non-hydrogen) atoms. The molecule has 3 fully saturated rings. The number of likely N-dealkylation sites (N-methyl/N-ethyl adjacent to an activating group) is 1. The molecule has 4 aliphatic rings. The van der Waals surface area contributed by atoms with Crippen molar-refractivity contribution in [2.45, 2.75) is 76.0 Å². The third kappa shape index (κ3) is 7.43. The summed E-state index contributed by atoms with van der Waals surface area (Å²) in [5.41, 5.74) is 4.49. The molecule has 0 bridgehead atoms.